The van der Waals surface area contributed by atoms with E-state index >= 15 is 0 Å². The van der Waals surface area contributed by atoms with E-state index in [0.717, 1.165) is 6.07 Å². The van der Waals surface area contributed by atoms with Crippen LogP contribution in [0.1, 0.15) is 0 Å². The van der Waals surface area contributed by atoms with Gasteiger partial charge >= 0.3 is 0 Å². The Morgan fingerprint density at radius 1 is 1.14 bits per heavy atom. The van der Waals surface area contributed by atoms with Crippen LogP contribution in [-0.4, -0.2) is 4.98 Å². The zero-order valence-corrected chi connectivity index (χ0v) is 7.81. The van der Waals surface area contributed by atoms with E-state index < -0.39 is 11.6 Å². The molecule has 72 valence electrons. The molecule has 2 N–H and O–H groups in total. The average molecular weight is 212 g/mol. The van der Waals surface area contributed by atoms with Crippen molar-refractivity contribution in [2.24, 2.45) is 0 Å². The Morgan fingerprint density at radius 2 is 1.79 bits per heavy atom. The lowest BCUT2D eigenvalue weighted by Crippen LogP contribution is -1.85. The number of hydrogen-bond donors (Lipinski definition) is 1. The van der Waals surface area contributed by atoms with Crippen molar-refractivity contribution < 1.29 is 8.78 Å². The van der Waals surface area contributed by atoms with Gasteiger partial charge in [-0.1, -0.05) is 0 Å². The van der Waals surface area contributed by atoms with Crippen LogP contribution in [0.4, 0.5) is 14.6 Å². The highest BCUT2D eigenvalue weighted by atomic mass is 32.1. The van der Waals surface area contributed by atoms with E-state index in [-0.39, 0.29) is 0 Å². The molecule has 0 radical (unpaired) electrons. The van der Waals surface area contributed by atoms with Crippen LogP contribution in [0.2, 0.25) is 0 Å². The molecule has 0 spiro atoms. The molecule has 0 atom stereocenters. The van der Waals surface area contributed by atoms with Crippen molar-refractivity contribution in [2.75, 3.05) is 5.73 Å². The first-order chi connectivity index (χ1) is 6.65. The number of benzene rings is 1. The maximum Gasteiger partial charge on any atom is 0.135 e. The highest BCUT2D eigenvalue weighted by Crippen LogP contribution is 2.25. The van der Waals surface area contributed by atoms with Gasteiger partial charge in [-0.05, 0) is 12.1 Å². The molecular formula is C9H6F2N2S. The number of nitrogen functional groups attached to an aromatic ring is 1. The van der Waals surface area contributed by atoms with Crippen LogP contribution in [0, 0.1) is 11.6 Å². The molecule has 0 saturated carbocycles. The summed E-state index contributed by atoms with van der Waals surface area (Å²) in [6.45, 7) is 0. The van der Waals surface area contributed by atoms with Gasteiger partial charge in [-0.2, -0.15) is 0 Å². The fraction of sp³-hybridized carbons (Fsp3) is 0. The first-order valence-electron chi connectivity index (χ1n) is 3.82. The van der Waals surface area contributed by atoms with E-state index in [4.69, 9.17) is 5.73 Å². The molecule has 0 unspecified atom stereocenters. The molecule has 2 nitrogen and oxygen atoms in total. The van der Waals surface area contributed by atoms with Crippen LogP contribution in [0.5, 0.6) is 0 Å². The van der Waals surface area contributed by atoms with Crippen molar-refractivity contribution in [1.82, 2.24) is 4.98 Å². The lowest BCUT2D eigenvalue weighted by Gasteiger charge is -1.96. The van der Waals surface area contributed by atoms with Gasteiger partial charge in [0.15, 0.2) is 0 Å². The van der Waals surface area contributed by atoms with Crippen LogP contribution in [-0.2, 0) is 0 Å². The normalized spacial score (nSPS) is 10.4. The Balaban J connectivity index is 2.51. The van der Waals surface area contributed by atoms with Crippen molar-refractivity contribution in [2.45, 2.75) is 0 Å². The quantitative estimate of drug-likeness (QED) is 0.789. The Kier molecular flexibility index (Phi) is 2.17. The molecule has 2 rings (SSSR count). The third-order valence-electron chi connectivity index (χ3n) is 1.63. The molecule has 14 heavy (non-hydrogen) atoms. The van der Waals surface area contributed by atoms with Gasteiger partial charge in [0.1, 0.15) is 22.5 Å². The Bertz CT molecular complexity index is 447. The van der Waals surface area contributed by atoms with Gasteiger partial charge in [-0.3, -0.25) is 0 Å². The molecule has 0 bridgehead atoms. The minimum atomic E-state index is -0.617. The zero-order valence-electron chi connectivity index (χ0n) is 7.00. The van der Waals surface area contributed by atoms with Crippen molar-refractivity contribution in [3.05, 3.63) is 35.2 Å². The molecule has 5 heteroatoms. The topological polar surface area (TPSA) is 38.9 Å². The van der Waals surface area contributed by atoms with E-state index in [0.29, 0.717) is 16.4 Å². The number of thiazole rings is 1. The third kappa shape index (κ3) is 1.72. The number of rotatable bonds is 1. The lowest BCUT2D eigenvalue weighted by atomic mass is 10.2. The summed E-state index contributed by atoms with van der Waals surface area (Å²) in [7, 11) is 0. The fourth-order valence-corrected chi connectivity index (χ4v) is 1.79. The minimum absolute atomic E-state index is 0.356. The van der Waals surface area contributed by atoms with E-state index in [1.807, 2.05) is 0 Å². The number of nitrogens with zero attached hydrogens (tertiary/aromatic N) is 1. The summed E-state index contributed by atoms with van der Waals surface area (Å²) in [5.41, 5.74) is 5.81. The summed E-state index contributed by atoms with van der Waals surface area (Å²) in [6.07, 6.45) is 0. The third-order valence-corrected chi connectivity index (χ3v) is 2.54. The largest absolute Gasteiger partial charge is 0.383 e. The van der Waals surface area contributed by atoms with Crippen LogP contribution < -0.4 is 5.73 Å². The summed E-state index contributed by atoms with van der Waals surface area (Å²) in [6, 6.07) is 3.27. The molecule has 0 fully saturated rings. The maximum atomic E-state index is 12.8. The van der Waals surface area contributed by atoms with E-state index in [9.17, 15) is 8.78 Å². The average Bonchev–Trinajstić information content (AvgIpc) is 2.50. The van der Waals surface area contributed by atoms with Gasteiger partial charge in [0.2, 0.25) is 0 Å². The van der Waals surface area contributed by atoms with Crippen molar-refractivity contribution in [3.8, 4) is 10.6 Å². The second-order valence-electron chi connectivity index (χ2n) is 2.74. The molecule has 0 aliphatic rings. The number of hydrogen-bond acceptors (Lipinski definition) is 3. The lowest BCUT2D eigenvalue weighted by molar-refractivity contribution is 0.584. The van der Waals surface area contributed by atoms with Crippen molar-refractivity contribution >= 4 is 17.2 Å². The molecule has 0 aliphatic carbocycles. The first-order valence-corrected chi connectivity index (χ1v) is 4.70. The van der Waals surface area contributed by atoms with Crippen molar-refractivity contribution in [1.29, 1.82) is 0 Å². The summed E-state index contributed by atoms with van der Waals surface area (Å²) in [5.74, 6) is -0.878. The zero-order chi connectivity index (χ0) is 10.1. The van der Waals surface area contributed by atoms with E-state index in [2.05, 4.69) is 4.98 Å². The number of aromatic nitrogens is 1. The van der Waals surface area contributed by atoms with Gasteiger partial charge < -0.3 is 5.73 Å². The Hall–Kier alpha value is -1.49. The van der Waals surface area contributed by atoms with Gasteiger partial charge in [0, 0.05) is 17.0 Å². The monoisotopic (exact) mass is 212 g/mol. The minimum Gasteiger partial charge on any atom is -0.383 e. The second-order valence-corrected chi connectivity index (χ2v) is 3.59. The Morgan fingerprint density at radius 3 is 2.29 bits per heavy atom. The number of anilines is 1. The van der Waals surface area contributed by atoms with Crippen LogP contribution >= 0.6 is 11.3 Å². The number of halogens is 2. The summed E-state index contributed by atoms with van der Waals surface area (Å²) < 4.78 is 25.7. The Labute approximate surface area is 83.0 Å². The SMILES string of the molecule is Nc1csc(-c2cc(F)cc(F)c2)n1. The van der Waals surface area contributed by atoms with Crippen molar-refractivity contribution in [3.63, 3.8) is 0 Å². The summed E-state index contributed by atoms with van der Waals surface area (Å²) >= 11 is 1.25. The molecule has 1 aromatic carbocycles. The maximum absolute atomic E-state index is 12.8. The van der Waals surface area contributed by atoms with Gasteiger partial charge in [-0.25, -0.2) is 13.8 Å². The molecule has 0 amide bonds. The molecule has 2 aromatic rings. The van der Waals surface area contributed by atoms with E-state index in [1.54, 1.807) is 5.38 Å². The molecular weight excluding hydrogens is 206 g/mol. The smallest absolute Gasteiger partial charge is 0.135 e. The van der Waals surface area contributed by atoms with Gasteiger partial charge in [-0.15, -0.1) is 11.3 Å². The standard InChI is InChI=1S/C9H6F2N2S/c10-6-1-5(2-7(11)3-6)9-13-8(12)4-14-9/h1-4H,12H2. The number of nitrogens with two attached hydrogens (primary N) is 1. The molecule has 0 saturated heterocycles. The summed E-state index contributed by atoms with van der Waals surface area (Å²) in [5, 5.41) is 2.14. The van der Waals surface area contributed by atoms with E-state index in [1.165, 1.54) is 23.5 Å². The first kappa shape index (κ1) is 9.08. The predicted molar refractivity (Wildman–Crippen MR) is 51.9 cm³/mol. The molecule has 1 aromatic heterocycles. The fourth-order valence-electron chi connectivity index (χ4n) is 1.10. The highest BCUT2D eigenvalue weighted by Gasteiger charge is 2.06. The van der Waals surface area contributed by atoms with Crippen LogP contribution in [0.25, 0.3) is 10.6 Å². The second kappa shape index (κ2) is 3.34. The predicted octanol–water partition coefficient (Wildman–Crippen LogP) is 2.67. The highest BCUT2D eigenvalue weighted by molar-refractivity contribution is 7.13. The van der Waals surface area contributed by atoms with Gasteiger partial charge in [0.25, 0.3) is 0 Å². The van der Waals surface area contributed by atoms with Crippen LogP contribution in [0.3, 0.4) is 0 Å². The summed E-state index contributed by atoms with van der Waals surface area (Å²) in [4.78, 5) is 3.93. The molecule has 0 aliphatic heterocycles. The van der Waals surface area contributed by atoms with Crippen LogP contribution in [0.15, 0.2) is 23.6 Å². The molecule has 1 heterocycles. The van der Waals surface area contributed by atoms with Gasteiger partial charge in [0.05, 0.1) is 0 Å².